The number of amides is 1. The molecule has 0 spiro atoms. The molecule has 45 heavy (non-hydrogen) atoms. The Kier molecular flexibility index (Phi) is 11.8. The van der Waals surface area contributed by atoms with E-state index in [0.717, 1.165) is 11.6 Å². The lowest BCUT2D eigenvalue weighted by Crippen LogP contribution is -2.44. The molecule has 12 heteroatoms. The Labute approximate surface area is 260 Å². The molecule has 0 saturated carbocycles. The van der Waals surface area contributed by atoms with Crippen molar-refractivity contribution in [2.75, 3.05) is 13.9 Å². The van der Waals surface area contributed by atoms with Gasteiger partial charge in [-0.15, -0.1) is 0 Å². The fraction of sp³-hybridized carbons (Fsp3) is 0.394. The van der Waals surface area contributed by atoms with Gasteiger partial charge in [0.2, 0.25) is 6.79 Å². The zero-order valence-electron chi connectivity index (χ0n) is 25.3. The molecule has 0 radical (unpaired) electrons. The maximum atomic E-state index is 14.7. The van der Waals surface area contributed by atoms with E-state index in [1.807, 2.05) is 30.3 Å². The quantitative estimate of drug-likeness (QED) is 0.233. The second kappa shape index (κ2) is 15.9. The summed E-state index contributed by atoms with van der Waals surface area (Å²) in [5.74, 6) is -3.53. The highest BCUT2D eigenvalue weighted by molar-refractivity contribution is 5.98. The van der Waals surface area contributed by atoms with E-state index in [1.165, 1.54) is 38.4 Å². The smallest absolute Gasteiger partial charge is 0.329 e. The second-order valence-electron chi connectivity index (χ2n) is 10.6. The lowest BCUT2D eigenvalue weighted by molar-refractivity contribution is -0.161. The number of carbonyl (C=O) groups excluding carboxylic acids is 3. The number of aromatic nitrogens is 1. The van der Waals surface area contributed by atoms with Gasteiger partial charge in [0, 0.05) is 25.3 Å². The van der Waals surface area contributed by atoms with Crippen LogP contribution in [0.15, 0.2) is 60.8 Å². The van der Waals surface area contributed by atoms with Gasteiger partial charge in [-0.2, -0.15) is 0 Å². The van der Waals surface area contributed by atoms with Gasteiger partial charge >= 0.3 is 11.9 Å². The minimum Gasteiger partial charge on any atom is -0.493 e. The first kappa shape index (κ1) is 33.3. The highest BCUT2D eigenvalue weighted by Gasteiger charge is 2.36. The third-order valence-corrected chi connectivity index (χ3v) is 7.44. The molecule has 1 amide bonds. The molecule has 1 fully saturated rings. The van der Waals surface area contributed by atoms with Gasteiger partial charge in [-0.25, -0.2) is 18.6 Å². The summed E-state index contributed by atoms with van der Waals surface area (Å²) < 4.78 is 56.1. The van der Waals surface area contributed by atoms with E-state index in [9.17, 15) is 23.2 Å². The van der Waals surface area contributed by atoms with Crippen LogP contribution in [-0.4, -0.2) is 55.0 Å². The van der Waals surface area contributed by atoms with Crippen LogP contribution in [0.4, 0.5) is 8.78 Å². The van der Waals surface area contributed by atoms with Gasteiger partial charge in [-0.05, 0) is 49.3 Å². The van der Waals surface area contributed by atoms with Crippen molar-refractivity contribution in [3.05, 3.63) is 89.2 Å². The summed E-state index contributed by atoms with van der Waals surface area (Å²) in [4.78, 5) is 42.1. The van der Waals surface area contributed by atoms with Crippen molar-refractivity contribution in [2.45, 2.75) is 64.4 Å². The Bertz CT molecular complexity index is 1470. The Hall–Kier alpha value is -4.58. The second-order valence-corrected chi connectivity index (χ2v) is 10.6. The molecular weight excluding hydrogens is 590 g/mol. The summed E-state index contributed by atoms with van der Waals surface area (Å²) in [6.07, 6.45) is 1.31. The molecule has 4 atom stereocenters. The average Bonchev–Trinajstić information content (AvgIpc) is 3.06. The first-order valence-electron chi connectivity index (χ1n) is 14.6. The van der Waals surface area contributed by atoms with Crippen molar-refractivity contribution >= 4 is 17.8 Å². The topological polar surface area (TPSA) is 122 Å². The first-order valence-corrected chi connectivity index (χ1v) is 14.6. The van der Waals surface area contributed by atoms with E-state index in [1.54, 1.807) is 6.92 Å². The van der Waals surface area contributed by atoms with Crippen LogP contribution in [0.25, 0.3) is 0 Å². The summed E-state index contributed by atoms with van der Waals surface area (Å²) >= 11 is 0. The average molecular weight is 627 g/mol. The van der Waals surface area contributed by atoms with Crippen LogP contribution in [0.5, 0.6) is 11.5 Å². The molecule has 4 rings (SSSR count). The zero-order valence-corrected chi connectivity index (χ0v) is 25.3. The van der Waals surface area contributed by atoms with Crippen LogP contribution >= 0.6 is 0 Å². The number of rotatable bonds is 11. The van der Waals surface area contributed by atoms with Gasteiger partial charge in [0.05, 0.1) is 19.8 Å². The van der Waals surface area contributed by atoms with E-state index in [0.29, 0.717) is 18.4 Å². The Morgan fingerprint density at radius 1 is 1.09 bits per heavy atom. The molecule has 2 aromatic carbocycles. The molecule has 1 N–H and O–H groups in total. The summed E-state index contributed by atoms with van der Waals surface area (Å²) in [5.41, 5.74) is 1.05. The number of ether oxygens (including phenoxy) is 5. The van der Waals surface area contributed by atoms with Crippen molar-refractivity contribution in [1.82, 2.24) is 10.3 Å². The molecule has 1 aromatic heterocycles. The van der Waals surface area contributed by atoms with Crippen molar-refractivity contribution in [3.63, 3.8) is 0 Å². The summed E-state index contributed by atoms with van der Waals surface area (Å²) in [5, 5.41) is 2.68. The molecule has 10 nitrogen and oxygen atoms in total. The molecule has 0 bridgehead atoms. The van der Waals surface area contributed by atoms with E-state index >= 15 is 0 Å². The van der Waals surface area contributed by atoms with Crippen LogP contribution < -0.4 is 14.8 Å². The highest BCUT2D eigenvalue weighted by Crippen LogP contribution is 2.31. The SMILES string of the molecule is COc1ccnc(C(=O)N[C@H]2CCC[C@H](Cc3ccc(F)cc3F)[C@@H](OCc3ccccc3)[C@H](C)OC2=O)c1OCOC(C)=O. The number of methoxy groups -OCH3 is 1. The molecule has 1 aliphatic rings. The van der Waals surface area contributed by atoms with Gasteiger partial charge in [-0.3, -0.25) is 9.59 Å². The number of nitrogens with one attached hydrogen (secondary N) is 1. The summed E-state index contributed by atoms with van der Waals surface area (Å²) in [6.45, 7) is 2.64. The number of halogens is 2. The Morgan fingerprint density at radius 2 is 1.87 bits per heavy atom. The van der Waals surface area contributed by atoms with Gasteiger partial charge in [0.25, 0.3) is 5.91 Å². The first-order chi connectivity index (χ1) is 21.7. The van der Waals surface area contributed by atoms with Crippen LogP contribution in [-0.2, 0) is 36.8 Å². The molecule has 0 unspecified atom stereocenters. The third kappa shape index (κ3) is 9.21. The standard InChI is InChI=1S/C33H36F2N2O8/c1-20-30(42-18-22-8-5-4-6-9-22)24(16-23-12-13-25(34)17-26(23)35)10-7-11-27(33(40)45-20)37-32(39)29-31(44-19-43-21(2)38)28(41-3)14-15-36-29/h4-6,8-9,12-15,17,20,24,27,30H,7,10-11,16,18-19H2,1-3H3,(H,37,39)/t20-,24+,27-,30-/m0/s1. The van der Waals surface area contributed by atoms with Crippen LogP contribution in [0, 0.1) is 17.6 Å². The monoisotopic (exact) mass is 626 g/mol. The summed E-state index contributed by atoms with van der Waals surface area (Å²) in [6, 6.07) is 13.3. The van der Waals surface area contributed by atoms with E-state index in [2.05, 4.69) is 10.3 Å². The number of cyclic esters (lactones) is 1. The predicted octanol–water partition coefficient (Wildman–Crippen LogP) is 4.93. The Balaban J connectivity index is 1.54. The van der Waals surface area contributed by atoms with E-state index in [4.69, 9.17) is 23.7 Å². The maximum absolute atomic E-state index is 14.7. The highest BCUT2D eigenvalue weighted by atomic mass is 19.1. The number of carbonyl (C=O) groups is 3. The molecule has 3 aromatic rings. The van der Waals surface area contributed by atoms with Gasteiger partial charge in [0.15, 0.2) is 17.2 Å². The fourth-order valence-electron chi connectivity index (χ4n) is 5.23. The van der Waals surface area contributed by atoms with Crippen molar-refractivity contribution in [3.8, 4) is 11.5 Å². The number of pyridine rings is 1. The van der Waals surface area contributed by atoms with Crippen molar-refractivity contribution < 1.29 is 46.8 Å². The number of hydrogen-bond donors (Lipinski definition) is 1. The molecule has 240 valence electrons. The molecule has 2 heterocycles. The molecular formula is C33H36F2N2O8. The van der Waals surface area contributed by atoms with Gasteiger partial charge < -0.3 is 29.0 Å². The third-order valence-electron chi connectivity index (χ3n) is 7.44. The number of nitrogens with zero attached hydrogens (tertiary/aromatic N) is 1. The molecule has 0 aliphatic carbocycles. The van der Waals surface area contributed by atoms with Crippen LogP contribution in [0.3, 0.4) is 0 Å². The maximum Gasteiger partial charge on any atom is 0.329 e. The lowest BCUT2D eigenvalue weighted by atomic mass is 9.86. The number of hydrogen-bond acceptors (Lipinski definition) is 9. The van der Waals surface area contributed by atoms with Gasteiger partial charge in [0.1, 0.15) is 23.8 Å². The van der Waals surface area contributed by atoms with Gasteiger partial charge in [-0.1, -0.05) is 42.8 Å². The van der Waals surface area contributed by atoms with Crippen molar-refractivity contribution in [1.29, 1.82) is 0 Å². The van der Waals surface area contributed by atoms with Crippen molar-refractivity contribution in [2.24, 2.45) is 5.92 Å². The largest absolute Gasteiger partial charge is 0.493 e. The van der Waals surface area contributed by atoms with E-state index < -0.39 is 54.5 Å². The Morgan fingerprint density at radius 3 is 2.58 bits per heavy atom. The molecule has 1 aliphatic heterocycles. The lowest BCUT2D eigenvalue weighted by Gasteiger charge is -2.31. The summed E-state index contributed by atoms with van der Waals surface area (Å²) in [7, 11) is 1.37. The zero-order chi connectivity index (χ0) is 32.3. The predicted molar refractivity (Wildman–Crippen MR) is 157 cm³/mol. The minimum atomic E-state index is -1.05. The number of esters is 2. The molecule has 1 saturated heterocycles. The van der Waals surface area contributed by atoms with Crippen LogP contribution in [0.1, 0.15) is 54.7 Å². The van der Waals surface area contributed by atoms with Crippen LogP contribution in [0.2, 0.25) is 0 Å². The fourth-order valence-corrected chi connectivity index (χ4v) is 5.23. The minimum absolute atomic E-state index is 0.0701. The normalized spacial score (nSPS) is 20.2. The number of benzene rings is 2. The van der Waals surface area contributed by atoms with E-state index in [-0.39, 0.29) is 42.6 Å².